The Bertz CT molecular complexity index is 470. The molecule has 1 amide bonds. The molecule has 1 saturated heterocycles. The van der Waals surface area contributed by atoms with Crippen LogP contribution in [0.1, 0.15) is 23.2 Å². The zero-order valence-electron chi connectivity index (χ0n) is 10.6. The lowest BCUT2D eigenvalue weighted by Gasteiger charge is -2.37. The van der Waals surface area contributed by atoms with Gasteiger partial charge >= 0.3 is 0 Å². The fourth-order valence-electron chi connectivity index (χ4n) is 2.16. The molecule has 6 heteroatoms. The zero-order valence-corrected chi connectivity index (χ0v) is 10.6. The number of carbonyl (C=O) groups excluding carboxylic acids is 1. The normalized spacial score (nSPS) is 17.9. The Kier molecular flexibility index (Phi) is 3.92. The van der Waals surface area contributed by atoms with Crippen LogP contribution in [-0.2, 0) is 4.74 Å². The van der Waals surface area contributed by atoms with E-state index in [1.54, 1.807) is 0 Å². The van der Waals surface area contributed by atoms with Crippen molar-refractivity contribution in [1.82, 2.24) is 5.32 Å². The molecule has 0 aliphatic carbocycles. The summed E-state index contributed by atoms with van der Waals surface area (Å²) in [6, 6.07) is 3.87. The Morgan fingerprint density at radius 2 is 2.05 bits per heavy atom. The third kappa shape index (κ3) is 2.97. The predicted molar refractivity (Wildman–Crippen MR) is 69.1 cm³/mol. The highest BCUT2D eigenvalue weighted by molar-refractivity contribution is 5.97. The Labute approximate surface area is 111 Å². The highest BCUT2D eigenvalue weighted by atomic mass is 16.5. The molecule has 0 unspecified atom stereocenters. The van der Waals surface area contributed by atoms with Crippen LogP contribution in [-0.4, -0.2) is 41.4 Å². The van der Waals surface area contributed by atoms with Crippen LogP contribution in [0.2, 0.25) is 0 Å². The van der Waals surface area contributed by atoms with Crippen LogP contribution < -0.4 is 11.1 Å². The smallest absolute Gasteiger partial charge is 0.255 e. The van der Waals surface area contributed by atoms with E-state index in [0.29, 0.717) is 32.6 Å². The van der Waals surface area contributed by atoms with Gasteiger partial charge in [-0.1, -0.05) is 0 Å². The molecule has 5 N–H and O–H groups in total. The summed E-state index contributed by atoms with van der Waals surface area (Å²) in [5.41, 5.74) is 5.39. The van der Waals surface area contributed by atoms with Gasteiger partial charge in [0.05, 0.1) is 11.1 Å². The highest BCUT2D eigenvalue weighted by Gasteiger charge is 2.33. The van der Waals surface area contributed by atoms with Crippen LogP contribution in [0.3, 0.4) is 0 Å². The number of benzene rings is 1. The number of carbonyl (C=O) groups is 1. The quantitative estimate of drug-likeness (QED) is 0.631. The number of phenolic OH excluding ortho intramolecular Hbond substituents is 2. The molecule has 2 rings (SSSR count). The summed E-state index contributed by atoms with van der Waals surface area (Å²) in [5, 5.41) is 21.8. The molecule has 6 nitrogen and oxygen atoms in total. The number of nitrogens with two attached hydrogens (primary N) is 1. The summed E-state index contributed by atoms with van der Waals surface area (Å²) in [4.78, 5) is 12.2. The van der Waals surface area contributed by atoms with Crippen LogP contribution in [0.5, 0.6) is 11.5 Å². The molecule has 1 aromatic rings. The van der Waals surface area contributed by atoms with E-state index >= 15 is 0 Å². The third-order valence-electron chi connectivity index (χ3n) is 3.45. The van der Waals surface area contributed by atoms with E-state index in [0.717, 1.165) is 6.07 Å². The van der Waals surface area contributed by atoms with Crippen LogP contribution in [0.4, 0.5) is 0 Å². The average molecular weight is 266 g/mol. The molecule has 0 radical (unpaired) electrons. The maximum absolute atomic E-state index is 12.2. The first-order chi connectivity index (χ1) is 9.06. The number of nitrogens with one attached hydrogen (secondary N) is 1. The highest BCUT2D eigenvalue weighted by Crippen LogP contribution is 2.25. The van der Waals surface area contributed by atoms with Gasteiger partial charge in [-0.3, -0.25) is 4.79 Å². The monoisotopic (exact) mass is 266 g/mol. The average Bonchev–Trinajstić information content (AvgIpc) is 2.39. The molecular weight excluding hydrogens is 248 g/mol. The maximum atomic E-state index is 12.2. The molecule has 0 bridgehead atoms. The van der Waals surface area contributed by atoms with Crippen molar-refractivity contribution >= 4 is 5.91 Å². The van der Waals surface area contributed by atoms with Crippen LogP contribution in [0.25, 0.3) is 0 Å². The van der Waals surface area contributed by atoms with Gasteiger partial charge in [0.15, 0.2) is 0 Å². The topological polar surface area (TPSA) is 105 Å². The first-order valence-corrected chi connectivity index (χ1v) is 6.19. The largest absolute Gasteiger partial charge is 0.508 e. The van der Waals surface area contributed by atoms with Crippen LogP contribution in [0, 0.1) is 0 Å². The molecule has 0 atom stereocenters. The Hall–Kier alpha value is -1.79. The SMILES string of the molecule is NCC1(NC(=O)c2ccc(O)cc2O)CCOCC1. The standard InChI is InChI=1S/C13H18N2O4/c14-8-13(3-5-19-6-4-13)15-12(18)10-2-1-9(16)7-11(10)17/h1-2,7,16-17H,3-6,8,14H2,(H,15,18). The zero-order chi connectivity index (χ0) is 13.9. The van der Waals surface area contributed by atoms with Crippen molar-refractivity contribution < 1.29 is 19.7 Å². The van der Waals surface area contributed by atoms with E-state index in [1.165, 1.54) is 12.1 Å². The second kappa shape index (κ2) is 5.46. The summed E-state index contributed by atoms with van der Waals surface area (Å²) in [6.07, 6.45) is 1.29. The first kappa shape index (κ1) is 13.6. The summed E-state index contributed by atoms with van der Waals surface area (Å²) >= 11 is 0. The minimum absolute atomic E-state index is 0.0892. The lowest BCUT2D eigenvalue weighted by molar-refractivity contribution is 0.0388. The Morgan fingerprint density at radius 3 is 2.63 bits per heavy atom. The summed E-state index contributed by atoms with van der Waals surface area (Å²) in [5.74, 6) is -0.741. The minimum atomic E-state index is -0.486. The number of phenols is 2. The molecular formula is C13H18N2O4. The molecule has 1 fully saturated rings. The summed E-state index contributed by atoms with van der Waals surface area (Å²) in [6.45, 7) is 1.43. The van der Waals surface area contributed by atoms with E-state index in [1.807, 2.05) is 0 Å². The fraction of sp³-hybridized carbons (Fsp3) is 0.462. The van der Waals surface area contributed by atoms with Crippen molar-refractivity contribution in [2.45, 2.75) is 18.4 Å². The van der Waals surface area contributed by atoms with Crippen molar-refractivity contribution in [1.29, 1.82) is 0 Å². The van der Waals surface area contributed by atoms with Gasteiger partial charge in [0, 0.05) is 25.8 Å². The van der Waals surface area contributed by atoms with Crippen LogP contribution in [0.15, 0.2) is 18.2 Å². The van der Waals surface area contributed by atoms with Crippen molar-refractivity contribution in [2.24, 2.45) is 5.73 Å². The first-order valence-electron chi connectivity index (χ1n) is 6.19. The van der Waals surface area contributed by atoms with Crippen molar-refractivity contribution in [3.8, 4) is 11.5 Å². The molecule has 1 heterocycles. The number of rotatable bonds is 3. The van der Waals surface area contributed by atoms with Gasteiger partial charge in [0.25, 0.3) is 5.91 Å². The maximum Gasteiger partial charge on any atom is 0.255 e. The third-order valence-corrected chi connectivity index (χ3v) is 3.45. The van der Waals surface area contributed by atoms with Gasteiger partial charge < -0.3 is 26.0 Å². The number of ether oxygens (including phenoxy) is 1. The molecule has 1 aromatic carbocycles. The Morgan fingerprint density at radius 1 is 1.37 bits per heavy atom. The van der Waals surface area contributed by atoms with Crippen molar-refractivity contribution in [3.63, 3.8) is 0 Å². The van der Waals surface area contributed by atoms with E-state index in [2.05, 4.69) is 5.32 Å². The molecule has 0 saturated carbocycles. The van der Waals surface area contributed by atoms with E-state index in [4.69, 9.17) is 10.5 Å². The second-order valence-electron chi connectivity index (χ2n) is 4.75. The van der Waals surface area contributed by atoms with Crippen molar-refractivity contribution in [3.05, 3.63) is 23.8 Å². The van der Waals surface area contributed by atoms with Gasteiger partial charge in [-0.05, 0) is 25.0 Å². The molecule has 1 aliphatic heterocycles. The molecule has 19 heavy (non-hydrogen) atoms. The molecule has 1 aliphatic rings. The number of hydrogen-bond acceptors (Lipinski definition) is 5. The lowest BCUT2D eigenvalue weighted by atomic mass is 9.89. The van der Waals surface area contributed by atoms with Gasteiger partial charge in [0.1, 0.15) is 11.5 Å². The molecule has 104 valence electrons. The Balaban J connectivity index is 2.15. The van der Waals surface area contributed by atoms with Gasteiger partial charge in [0.2, 0.25) is 0 Å². The van der Waals surface area contributed by atoms with E-state index in [-0.39, 0.29) is 17.1 Å². The molecule has 0 spiro atoms. The number of hydrogen-bond donors (Lipinski definition) is 4. The predicted octanol–water partition coefficient (Wildman–Crippen LogP) is 0.336. The van der Waals surface area contributed by atoms with E-state index < -0.39 is 11.4 Å². The van der Waals surface area contributed by atoms with Gasteiger partial charge in [-0.15, -0.1) is 0 Å². The number of aromatic hydroxyl groups is 2. The lowest BCUT2D eigenvalue weighted by Crippen LogP contribution is -2.56. The van der Waals surface area contributed by atoms with Gasteiger partial charge in [-0.2, -0.15) is 0 Å². The summed E-state index contributed by atoms with van der Waals surface area (Å²) < 4.78 is 5.26. The van der Waals surface area contributed by atoms with Gasteiger partial charge in [-0.25, -0.2) is 0 Å². The van der Waals surface area contributed by atoms with E-state index in [9.17, 15) is 15.0 Å². The summed E-state index contributed by atoms with van der Waals surface area (Å²) in [7, 11) is 0. The minimum Gasteiger partial charge on any atom is -0.508 e. The molecule has 0 aromatic heterocycles. The number of amides is 1. The van der Waals surface area contributed by atoms with Crippen molar-refractivity contribution in [2.75, 3.05) is 19.8 Å². The fourth-order valence-corrected chi connectivity index (χ4v) is 2.16. The van der Waals surface area contributed by atoms with Crippen LogP contribution >= 0.6 is 0 Å². The second-order valence-corrected chi connectivity index (χ2v) is 4.75.